The molecule has 0 amide bonds. The van der Waals surface area contributed by atoms with E-state index >= 15 is 0 Å². The van der Waals surface area contributed by atoms with Crippen LogP contribution in [0.4, 0.5) is 0 Å². The van der Waals surface area contributed by atoms with E-state index in [4.69, 9.17) is 14.6 Å². The molecule has 1 aromatic carbocycles. The third-order valence-corrected chi connectivity index (χ3v) is 3.01. The van der Waals surface area contributed by atoms with Gasteiger partial charge in [-0.1, -0.05) is 48.6 Å². The van der Waals surface area contributed by atoms with Gasteiger partial charge in [-0.05, 0) is 11.6 Å². The van der Waals surface area contributed by atoms with Crippen LogP contribution in [0.2, 0.25) is 0 Å². The number of ether oxygens (including phenoxy) is 2. The van der Waals surface area contributed by atoms with E-state index in [1.165, 1.54) is 19.3 Å². The Bertz CT molecular complexity index is 708. The average molecular weight is 312 g/mol. The minimum atomic E-state index is -1.14. The highest BCUT2D eigenvalue weighted by molar-refractivity contribution is 6.05. The SMILES string of the molecule is COC1=CC(=O)C(OCC(=O)O)=CC1=CC=Cc1ccccc1. The van der Waals surface area contributed by atoms with Crippen LogP contribution >= 0.6 is 0 Å². The van der Waals surface area contributed by atoms with Crippen LogP contribution in [0.3, 0.4) is 0 Å². The highest BCUT2D eigenvalue weighted by atomic mass is 16.5. The lowest BCUT2D eigenvalue weighted by atomic mass is 10.0. The van der Waals surface area contributed by atoms with Crippen molar-refractivity contribution in [3.05, 3.63) is 77.3 Å². The Balaban J connectivity index is 2.20. The van der Waals surface area contributed by atoms with Crippen molar-refractivity contribution < 1.29 is 24.2 Å². The summed E-state index contributed by atoms with van der Waals surface area (Å²) in [5.74, 6) is -1.19. The molecule has 1 aliphatic rings. The molecular formula is C18H16O5. The number of ketones is 1. The van der Waals surface area contributed by atoms with Crippen molar-refractivity contribution in [2.45, 2.75) is 0 Å². The van der Waals surface area contributed by atoms with Crippen molar-refractivity contribution in [2.24, 2.45) is 0 Å². The number of rotatable bonds is 6. The van der Waals surface area contributed by atoms with Gasteiger partial charge in [0, 0.05) is 11.6 Å². The molecular weight excluding hydrogens is 296 g/mol. The van der Waals surface area contributed by atoms with Gasteiger partial charge in [-0.15, -0.1) is 0 Å². The van der Waals surface area contributed by atoms with Crippen molar-refractivity contribution >= 4 is 17.8 Å². The fourth-order valence-corrected chi connectivity index (χ4v) is 1.94. The van der Waals surface area contributed by atoms with Crippen molar-refractivity contribution in [3.63, 3.8) is 0 Å². The number of hydrogen-bond acceptors (Lipinski definition) is 4. The zero-order chi connectivity index (χ0) is 16.7. The van der Waals surface area contributed by atoms with Gasteiger partial charge in [-0.3, -0.25) is 4.79 Å². The molecule has 0 heterocycles. The van der Waals surface area contributed by atoms with Crippen LogP contribution in [-0.2, 0) is 19.1 Å². The third-order valence-electron chi connectivity index (χ3n) is 3.01. The number of hydrogen-bond donors (Lipinski definition) is 1. The summed E-state index contributed by atoms with van der Waals surface area (Å²) in [6.07, 6.45) is 8.23. The molecule has 23 heavy (non-hydrogen) atoms. The van der Waals surface area contributed by atoms with Crippen LogP contribution in [0.1, 0.15) is 5.56 Å². The average Bonchev–Trinajstić information content (AvgIpc) is 2.55. The summed E-state index contributed by atoms with van der Waals surface area (Å²) < 4.78 is 10.2. The number of carbonyl (C=O) groups excluding carboxylic acids is 1. The molecule has 0 unspecified atom stereocenters. The molecule has 5 heteroatoms. The van der Waals surface area contributed by atoms with E-state index in [0.717, 1.165) is 5.56 Å². The molecule has 0 aliphatic heterocycles. The highest BCUT2D eigenvalue weighted by Crippen LogP contribution is 2.22. The zero-order valence-electron chi connectivity index (χ0n) is 12.6. The van der Waals surface area contributed by atoms with Crippen molar-refractivity contribution in [1.82, 2.24) is 0 Å². The number of aliphatic carboxylic acids is 1. The Kier molecular flexibility index (Phi) is 5.52. The van der Waals surface area contributed by atoms with Gasteiger partial charge in [-0.25, -0.2) is 4.79 Å². The lowest BCUT2D eigenvalue weighted by Gasteiger charge is -2.14. The van der Waals surface area contributed by atoms with E-state index in [-0.39, 0.29) is 5.76 Å². The van der Waals surface area contributed by atoms with E-state index in [2.05, 4.69) is 0 Å². The third kappa shape index (κ3) is 4.71. The first kappa shape index (κ1) is 16.3. The van der Waals surface area contributed by atoms with Gasteiger partial charge < -0.3 is 14.6 Å². The van der Waals surface area contributed by atoms with Crippen molar-refractivity contribution in [2.75, 3.05) is 13.7 Å². The molecule has 1 N–H and O–H groups in total. The second kappa shape index (κ2) is 7.79. The second-order valence-corrected chi connectivity index (χ2v) is 4.66. The van der Waals surface area contributed by atoms with E-state index in [1.807, 2.05) is 42.5 Å². The van der Waals surface area contributed by atoms with Gasteiger partial charge >= 0.3 is 5.97 Å². The molecule has 2 rings (SSSR count). The van der Waals surface area contributed by atoms with Crippen LogP contribution in [0.25, 0.3) is 6.08 Å². The monoisotopic (exact) mass is 312 g/mol. The molecule has 0 saturated carbocycles. The number of allylic oxidation sites excluding steroid dienone is 4. The summed E-state index contributed by atoms with van der Waals surface area (Å²) >= 11 is 0. The first-order chi connectivity index (χ1) is 11.1. The summed E-state index contributed by atoms with van der Waals surface area (Å²) in [5, 5.41) is 8.63. The van der Waals surface area contributed by atoms with Crippen molar-refractivity contribution in [1.29, 1.82) is 0 Å². The number of benzene rings is 1. The van der Waals surface area contributed by atoms with Crippen LogP contribution in [-0.4, -0.2) is 30.6 Å². The molecule has 0 atom stereocenters. The number of carboxylic acids is 1. The molecule has 0 aromatic heterocycles. The van der Waals surface area contributed by atoms with E-state index in [9.17, 15) is 9.59 Å². The van der Waals surface area contributed by atoms with Gasteiger partial charge in [0.15, 0.2) is 12.4 Å². The lowest BCUT2D eigenvalue weighted by Crippen LogP contribution is -2.15. The Morgan fingerprint density at radius 1 is 1.17 bits per heavy atom. The molecule has 5 nitrogen and oxygen atoms in total. The number of carbonyl (C=O) groups is 2. The van der Waals surface area contributed by atoms with Gasteiger partial charge in [0.2, 0.25) is 5.78 Å². The Hall–Kier alpha value is -3.08. The minimum absolute atomic E-state index is 0.0208. The first-order valence-electron chi connectivity index (χ1n) is 6.90. The standard InChI is InChI=1S/C18H16O5/c1-22-16-11-15(19)17(23-12-18(20)21)10-14(16)9-5-8-13-6-3-2-4-7-13/h2-11H,12H2,1H3,(H,20,21). The molecule has 0 fully saturated rings. The lowest BCUT2D eigenvalue weighted by molar-refractivity contribution is -0.141. The van der Waals surface area contributed by atoms with E-state index in [0.29, 0.717) is 11.3 Å². The summed E-state index contributed by atoms with van der Waals surface area (Å²) in [7, 11) is 1.46. The van der Waals surface area contributed by atoms with Gasteiger partial charge in [0.25, 0.3) is 0 Å². The maximum atomic E-state index is 11.8. The maximum absolute atomic E-state index is 11.8. The predicted molar refractivity (Wildman–Crippen MR) is 85.3 cm³/mol. The predicted octanol–water partition coefficient (Wildman–Crippen LogP) is 2.72. The van der Waals surface area contributed by atoms with Crippen LogP contribution < -0.4 is 0 Å². The van der Waals surface area contributed by atoms with E-state index in [1.54, 1.807) is 6.08 Å². The molecule has 0 saturated heterocycles. The number of carboxylic acid groups (broad SMARTS) is 1. The molecule has 0 spiro atoms. The fraction of sp³-hybridized carbons (Fsp3) is 0.111. The normalized spacial score (nSPS) is 16.2. The molecule has 118 valence electrons. The van der Waals surface area contributed by atoms with E-state index < -0.39 is 18.4 Å². The van der Waals surface area contributed by atoms with Crippen LogP contribution in [0.5, 0.6) is 0 Å². The Morgan fingerprint density at radius 3 is 2.57 bits per heavy atom. The van der Waals surface area contributed by atoms with Gasteiger partial charge in [0.1, 0.15) is 5.76 Å². The zero-order valence-corrected chi connectivity index (χ0v) is 12.6. The highest BCUT2D eigenvalue weighted by Gasteiger charge is 2.19. The molecule has 0 radical (unpaired) electrons. The topological polar surface area (TPSA) is 72.8 Å². The largest absolute Gasteiger partial charge is 0.496 e. The first-order valence-corrected chi connectivity index (χ1v) is 6.90. The molecule has 1 aliphatic carbocycles. The molecule has 1 aromatic rings. The maximum Gasteiger partial charge on any atom is 0.341 e. The second-order valence-electron chi connectivity index (χ2n) is 4.66. The van der Waals surface area contributed by atoms with Crippen LogP contribution in [0, 0.1) is 0 Å². The van der Waals surface area contributed by atoms with Crippen molar-refractivity contribution in [3.8, 4) is 0 Å². The quantitative estimate of drug-likeness (QED) is 0.874. The Labute approximate surface area is 133 Å². The molecule has 0 bridgehead atoms. The van der Waals surface area contributed by atoms with Crippen LogP contribution in [0.15, 0.2) is 71.7 Å². The summed E-state index contributed by atoms with van der Waals surface area (Å²) in [4.78, 5) is 22.4. The minimum Gasteiger partial charge on any atom is -0.496 e. The van der Waals surface area contributed by atoms with Gasteiger partial charge in [0.05, 0.1) is 7.11 Å². The summed E-state index contributed by atoms with van der Waals surface area (Å²) in [5.41, 5.74) is 1.66. The summed E-state index contributed by atoms with van der Waals surface area (Å²) in [6, 6.07) is 9.73. The number of methoxy groups -OCH3 is 1. The fourth-order valence-electron chi connectivity index (χ4n) is 1.94. The Morgan fingerprint density at radius 2 is 1.91 bits per heavy atom. The summed E-state index contributed by atoms with van der Waals surface area (Å²) in [6.45, 7) is -0.569. The smallest absolute Gasteiger partial charge is 0.341 e. The van der Waals surface area contributed by atoms with Gasteiger partial charge in [-0.2, -0.15) is 0 Å².